The van der Waals surface area contributed by atoms with Crippen LogP contribution in [0, 0.1) is 6.92 Å². The highest BCUT2D eigenvalue weighted by Gasteiger charge is 2.33. The van der Waals surface area contributed by atoms with Crippen molar-refractivity contribution in [1.82, 2.24) is 4.31 Å². The molecule has 0 aliphatic heterocycles. The third-order valence-electron chi connectivity index (χ3n) is 3.94. The number of carboxylic acid groups (broad SMARTS) is 1. The van der Waals surface area contributed by atoms with Gasteiger partial charge in [0.25, 0.3) is 0 Å². The first kappa shape index (κ1) is 18.4. The molecule has 7 heteroatoms. The monoisotopic (exact) mass is 367 g/mol. The molecule has 0 bridgehead atoms. The van der Waals surface area contributed by atoms with Crippen LogP contribution in [0.3, 0.4) is 0 Å². The molecular formula is C17H18ClNO4S. The molecule has 1 N–H and O–H groups in total. The molecule has 2 aromatic carbocycles. The van der Waals surface area contributed by atoms with E-state index in [0.29, 0.717) is 10.6 Å². The highest BCUT2D eigenvalue weighted by molar-refractivity contribution is 7.89. The van der Waals surface area contributed by atoms with Gasteiger partial charge in [-0.05, 0) is 36.2 Å². The van der Waals surface area contributed by atoms with Crippen LogP contribution in [0.25, 0.3) is 0 Å². The van der Waals surface area contributed by atoms with E-state index in [1.54, 1.807) is 43.3 Å². The van der Waals surface area contributed by atoms with Gasteiger partial charge < -0.3 is 5.11 Å². The Labute approximate surface area is 146 Å². The van der Waals surface area contributed by atoms with E-state index in [2.05, 4.69) is 0 Å². The molecule has 128 valence electrons. The molecule has 24 heavy (non-hydrogen) atoms. The van der Waals surface area contributed by atoms with E-state index in [9.17, 15) is 18.3 Å². The van der Waals surface area contributed by atoms with Gasteiger partial charge in [-0.25, -0.2) is 8.42 Å². The molecule has 0 heterocycles. The molecule has 0 amide bonds. The zero-order valence-corrected chi connectivity index (χ0v) is 14.9. The first-order valence-corrected chi connectivity index (χ1v) is 9.07. The Balaban J connectivity index is 2.37. The summed E-state index contributed by atoms with van der Waals surface area (Å²) in [4.78, 5) is 11.7. The number of carbonyl (C=O) groups is 1. The Kier molecular flexibility index (Phi) is 5.64. The number of aliphatic carboxylic acids is 1. The van der Waals surface area contributed by atoms with Crippen molar-refractivity contribution >= 4 is 27.6 Å². The van der Waals surface area contributed by atoms with E-state index in [0.717, 1.165) is 9.87 Å². The summed E-state index contributed by atoms with van der Waals surface area (Å²) in [5.74, 6) is -1.21. The molecule has 0 fully saturated rings. The van der Waals surface area contributed by atoms with E-state index < -0.39 is 22.0 Å². The normalized spacial score (nSPS) is 13.0. The molecular weight excluding hydrogens is 350 g/mol. The van der Waals surface area contributed by atoms with Crippen molar-refractivity contribution in [2.45, 2.75) is 24.3 Å². The number of benzene rings is 2. The summed E-state index contributed by atoms with van der Waals surface area (Å²) in [6, 6.07) is 11.7. The lowest BCUT2D eigenvalue weighted by molar-refractivity contribution is -0.141. The fourth-order valence-corrected chi connectivity index (χ4v) is 3.91. The average molecular weight is 368 g/mol. The zero-order chi connectivity index (χ0) is 17.9. The molecule has 1 atom stereocenters. The Hall–Kier alpha value is -1.89. The van der Waals surface area contributed by atoms with Gasteiger partial charge in [0.15, 0.2) is 0 Å². The predicted molar refractivity (Wildman–Crippen MR) is 92.7 cm³/mol. The van der Waals surface area contributed by atoms with Crippen LogP contribution in [0.5, 0.6) is 0 Å². The minimum absolute atomic E-state index is 0.0320. The molecule has 0 aliphatic carbocycles. The summed E-state index contributed by atoms with van der Waals surface area (Å²) in [7, 11) is -2.63. The number of carboxylic acids is 1. The third-order valence-corrected chi connectivity index (χ3v) is 6.23. The molecule has 0 radical (unpaired) electrons. The van der Waals surface area contributed by atoms with Crippen LogP contribution in [0.15, 0.2) is 53.4 Å². The maximum absolute atomic E-state index is 12.7. The fraction of sp³-hybridized carbons (Fsp3) is 0.235. The second-order valence-electron chi connectivity index (χ2n) is 5.42. The summed E-state index contributed by atoms with van der Waals surface area (Å²) >= 11 is 6.06. The van der Waals surface area contributed by atoms with Gasteiger partial charge in [-0.3, -0.25) is 4.79 Å². The van der Waals surface area contributed by atoms with Gasteiger partial charge in [-0.15, -0.1) is 0 Å². The second kappa shape index (κ2) is 7.34. The number of likely N-dealkylation sites (N-methyl/N-ethyl adjacent to an activating group) is 1. The quantitative estimate of drug-likeness (QED) is 0.851. The van der Waals surface area contributed by atoms with E-state index in [-0.39, 0.29) is 11.3 Å². The number of halogens is 1. The topological polar surface area (TPSA) is 74.7 Å². The van der Waals surface area contributed by atoms with Crippen LogP contribution in [0.1, 0.15) is 11.1 Å². The summed E-state index contributed by atoms with van der Waals surface area (Å²) < 4.78 is 26.2. The first-order valence-electron chi connectivity index (χ1n) is 7.25. The molecule has 0 saturated heterocycles. The Morgan fingerprint density at radius 3 is 2.38 bits per heavy atom. The Morgan fingerprint density at radius 2 is 1.79 bits per heavy atom. The SMILES string of the molecule is Cc1c(Cl)cccc1C[C@H](C(=O)O)N(C)S(=O)(=O)c1ccccc1. The molecule has 0 aliphatic rings. The Bertz CT molecular complexity index is 837. The number of sulfonamides is 1. The third kappa shape index (κ3) is 3.77. The van der Waals surface area contributed by atoms with Crippen molar-refractivity contribution in [3.63, 3.8) is 0 Å². The molecule has 0 unspecified atom stereocenters. The molecule has 2 aromatic rings. The van der Waals surface area contributed by atoms with Crippen molar-refractivity contribution < 1.29 is 18.3 Å². The molecule has 5 nitrogen and oxygen atoms in total. The van der Waals surface area contributed by atoms with E-state index in [1.807, 2.05) is 0 Å². The van der Waals surface area contributed by atoms with Gasteiger partial charge in [-0.2, -0.15) is 4.31 Å². The van der Waals surface area contributed by atoms with Crippen LogP contribution in [0.2, 0.25) is 5.02 Å². The van der Waals surface area contributed by atoms with E-state index in [4.69, 9.17) is 11.6 Å². The maximum atomic E-state index is 12.7. The lowest BCUT2D eigenvalue weighted by Crippen LogP contribution is -2.43. The van der Waals surface area contributed by atoms with Crippen LogP contribution in [-0.2, 0) is 21.2 Å². The minimum atomic E-state index is -3.91. The summed E-state index contributed by atoms with van der Waals surface area (Å²) in [6.07, 6.45) is 0.0320. The molecule has 0 saturated carbocycles. The fourth-order valence-electron chi connectivity index (χ4n) is 2.38. The predicted octanol–water partition coefficient (Wildman–Crippen LogP) is 2.96. The van der Waals surface area contributed by atoms with Crippen molar-refractivity contribution in [2.75, 3.05) is 7.05 Å². The van der Waals surface area contributed by atoms with Crippen LogP contribution >= 0.6 is 11.6 Å². The Morgan fingerprint density at radius 1 is 1.17 bits per heavy atom. The average Bonchev–Trinajstić information content (AvgIpc) is 2.56. The van der Waals surface area contributed by atoms with Crippen LogP contribution < -0.4 is 0 Å². The maximum Gasteiger partial charge on any atom is 0.322 e. The first-order chi connectivity index (χ1) is 11.2. The van der Waals surface area contributed by atoms with Gasteiger partial charge in [0.2, 0.25) is 10.0 Å². The van der Waals surface area contributed by atoms with Crippen LogP contribution in [-0.4, -0.2) is 36.9 Å². The summed E-state index contributed by atoms with van der Waals surface area (Å²) in [5, 5.41) is 10.1. The smallest absolute Gasteiger partial charge is 0.322 e. The highest BCUT2D eigenvalue weighted by Crippen LogP contribution is 2.23. The second-order valence-corrected chi connectivity index (χ2v) is 7.82. The summed E-state index contributed by atoms with van der Waals surface area (Å²) in [5.41, 5.74) is 1.45. The van der Waals surface area contributed by atoms with Gasteiger partial charge in [0, 0.05) is 18.5 Å². The van der Waals surface area contributed by atoms with Crippen molar-refractivity contribution in [1.29, 1.82) is 0 Å². The summed E-state index contributed by atoms with van der Waals surface area (Å²) in [6.45, 7) is 1.78. The van der Waals surface area contributed by atoms with E-state index >= 15 is 0 Å². The van der Waals surface area contributed by atoms with Crippen molar-refractivity contribution in [3.05, 3.63) is 64.7 Å². The van der Waals surface area contributed by atoms with Crippen molar-refractivity contribution in [3.8, 4) is 0 Å². The van der Waals surface area contributed by atoms with Gasteiger partial charge in [0.1, 0.15) is 6.04 Å². The largest absolute Gasteiger partial charge is 0.480 e. The molecule has 0 aromatic heterocycles. The standard InChI is InChI=1S/C17H18ClNO4S/c1-12-13(7-6-10-15(12)18)11-16(17(20)21)19(2)24(22,23)14-8-4-3-5-9-14/h3-10,16H,11H2,1-2H3,(H,20,21)/t16-/m1/s1. The lowest BCUT2D eigenvalue weighted by atomic mass is 10.0. The number of rotatable bonds is 6. The van der Waals surface area contributed by atoms with Gasteiger partial charge in [0.05, 0.1) is 4.90 Å². The molecule has 2 rings (SSSR count). The van der Waals surface area contributed by atoms with Gasteiger partial charge in [-0.1, -0.05) is 41.9 Å². The molecule has 0 spiro atoms. The van der Waals surface area contributed by atoms with E-state index in [1.165, 1.54) is 19.2 Å². The van der Waals surface area contributed by atoms with Crippen molar-refractivity contribution in [2.24, 2.45) is 0 Å². The minimum Gasteiger partial charge on any atom is -0.480 e. The number of nitrogens with zero attached hydrogens (tertiary/aromatic N) is 1. The zero-order valence-electron chi connectivity index (χ0n) is 13.3. The van der Waals surface area contributed by atoms with Crippen LogP contribution in [0.4, 0.5) is 0 Å². The van der Waals surface area contributed by atoms with Gasteiger partial charge >= 0.3 is 5.97 Å². The number of hydrogen-bond acceptors (Lipinski definition) is 3. The number of hydrogen-bond donors (Lipinski definition) is 1. The highest BCUT2D eigenvalue weighted by atomic mass is 35.5. The lowest BCUT2D eigenvalue weighted by Gasteiger charge is -2.25.